The monoisotopic (exact) mass is 147 g/mol. The van der Waals surface area contributed by atoms with E-state index in [1.807, 2.05) is 0 Å². The number of thiol groups is 1. The number of nitrogens with one attached hydrogen (secondary N) is 1. The van der Waals surface area contributed by atoms with Crippen LogP contribution in [0.3, 0.4) is 0 Å². The molecule has 0 aromatic rings. The van der Waals surface area contributed by atoms with Crippen molar-refractivity contribution in [2.75, 3.05) is 12.3 Å². The molecule has 0 aliphatic heterocycles. The van der Waals surface area contributed by atoms with Crippen LogP contribution < -0.4 is 5.32 Å². The summed E-state index contributed by atoms with van der Waals surface area (Å²) >= 11 is 4.25. The Morgan fingerprint density at radius 1 is 1.44 bits per heavy atom. The molecule has 1 atom stereocenters. The fourth-order valence-corrected chi connectivity index (χ4v) is 1.05. The number of hydrogen-bond donors (Lipinski definition) is 2. The van der Waals surface area contributed by atoms with Gasteiger partial charge in [-0.15, -0.1) is 0 Å². The van der Waals surface area contributed by atoms with Crippen molar-refractivity contribution in [2.24, 2.45) is 0 Å². The van der Waals surface area contributed by atoms with Gasteiger partial charge < -0.3 is 5.32 Å². The van der Waals surface area contributed by atoms with Crippen molar-refractivity contribution < 1.29 is 0 Å². The van der Waals surface area contributed by atoms with Crippen molar-refractivity contribution in [3.63, 3.8) is 0 Å². The molecule has 2 heteroatoms. The Kier molecular flexibility index (Phi) is 4.32. The maximum Gasteiger partial charge on any atom is 0.0238 e. The minimum absolute atomic E-state index is 0.248. The van der Waals surface area contributed by atoms with E-state index in [0.29, 0.717) is 0 Å². The Balaban J connectivity index is 3.62. The van der Waals surface area contributed by atoms with E-state index >= 15 is 0 Å². The number of hydrogen-bond acceptors (Lipinski definition) is 2. The van der Waals surface area contributed by atoms with Gasteiger partial charge in [0.25, 0.3) is 0 Å². The predicted molar refractivity (Wildman–Crippen MR) is 46.2 cm³/mol. The summed E-state index contributed by atoms with van der Waals surface area (Å²) in [7, 11) is 0. The van der Waals surface area contributed by atoms with Gasteiger partial charge in [0.1, 0.15) is 0 Å². The first kappa shape index (κ1) is 9.31. The quantitative estimate of drug-likeness (QED) is 0.577. The third-order valence-corrected chi connectivity index (χ3v) is 2.43. The SMILES string of the molecule is CCNC(C)(CC)CS. The molecule has 0 fully saturated rings. The molecule has 0 aromatic heterocycles. The maximum absolute atomic E-state index is 4.25. The third-order valence-electron chi connectivity index (χ3n) is 1.73. The van der Waals surface area contributed by atoms with Gasteiger partial charge in [-0.2, -0.15) is 12.6 Å². The normalized spacial score (nSPS) is 17.3. The summed E-state index contributed by atoms with van der Waals surface area (Å²) in [5, 5.41) is 3.38. The van der Waals surface area contributed by atoms with E-state index in [0.717, 1.165) is 18.7 Å². The summed E-state index contributed by atoms with van der Waals surface area (Å²) in [5.41, 5.74) is 0.248. The molecule has 0 heterocycles. The Labute approximate surface area is 63.6 Å². The summed E-state index contributed by atoms with van der Waals surface area (Å²) < 4.78 is 0. The van der Waals surface area contributed by atoms with Crippen LogP contribution in [0.1, 0.15) is 27.2 Å². The molecule has 1 unspecified atom stereocenters. The molecule has 0 saturated heterocycles. The highest BCUT2D eigenvalue weighted by Gasteiger charge is 2.16. The van der Waals surface area contributed by atoms with Gasteiger partial charge in [0.2, 0.25) is 0 Å². The molecule has 1 N–H and O–H groups in total. The molecular weight excluding hydrogens is 130 g/mol. The van der Waals surface area contributed by atoms with Crippen molar-refractivity contribution in [1.29, 1.82) is 0 Å². The molecule has 0 bridgehead atoms. The average molecular weight is 147 g/mol. The average Bonchev–Trinajstić information content (AvgIpc) is 1.89. The van der Waals surface area contributed by atoms with Crippen molar-refractivity contribution in [3.8, 4) is 0 Å². The minimum atomic E-state index is 0.248. The van der Waals surface area contributed by atoms with E-state index in [1.165, 1.54) is 0 Å². The van der Waals surface area contributed by atoms with Crippen LogP contribution in [0.5, 0.6) is 0 Å². The highest BCUT2D eigenvalue weighted by molar-refractivity contribution is 7.80. The molecule has 0 aliphatic carbocycles. The first-order valence-corrected chi connectivity index (χ1v) is 4.17. The predicted octanol–water partition coefficient (Wildman–Crippen LogP) is 1.69. The van der Waals surface area contributed by atoms with E-state index in [4.69, 9.17) is 0 Å². The van der Waals surface area contributed by atoms with E-state index in [-0.39, 0.29) is 5.54 Å². The topological polar surface area (TPSA) is 12.0 Å². The molecule has 0 saturated carbocycles. The van der Waals surface area contributed by atoms with Gasteiger partial charge in [-0.25, -0.2) is 0 Å². The van der Waals surface area contributed by atoms with Crippen molar-refractivity contribution >= 4 is 12.6 Å². The van der Waals surface area contributed by atoms with E-state index in [1.54, 1.807) is 0 Å². The second kappa shape index (κ2) is 4.18. The minimum Gasteiger partial charge on any atom is -0.311 e. The Hall–Kier alpha value is 0.310. The highest BCUT2D eigenvalue weighted by atomic mass is 32.1. The van der Waals surface area contributed by atoms with E-state index in [9.17, 15) is 0 Å². The van der Waals surface area contributed by atoms with Gasteiger partial charge in [0, 0.05) is 11.3 Å². The zero-order valence-corrected chi connectivity index (χ0v) is 7.46. The van der Waals surface area contributed by atoms with Gasteiger partial charge in [0.15, 0.2) is 0 Å². The fourth-order valence-electron chi connectivity index (χ4n) is 0.719. The van der Waals surface area contributed by atoms with Crippen LogP contribution in [0.15, 0.2) is 0 Å². The van der Waals surface area contributed by atoms with Gasteiger partial charge >= 0.3 is 0 Å². The molecular formula is C7H17NS. The number of rotatable bonds is 4. The first-order valence-electron chi connectivity index (χ1n) is 3.54. The molecule has 0 aromatic carbocycles. The van der Waals surface area contributed by atoms with Gasteiger partial charge in [-0.1, -0.05) is 13.8 Å². The molecule has 56 valence electrons. The summed E-state index contributed by atoms with van der Waals surface area (Å²) in [4.78, 5) is 0. The lowest BCUT2D eigenvalue weighted by atomic mass is 10.0. The Morgan fingerprint density at radius 3 is 2.11 bits per heavy atom. The fraction of sp³-hybridized carbons (Fsp3) is 1.00. The summed E-state index contributed by atoms with van der Waals surface area (Å²) in [6.45, 7) is 7.53. The zero-order chi connectivity index (χ0) is 7.33. The molecule has 0 radical (unpaired) electrons. The van der Waals surface area contributed by atoms with Crippen LogP contribution in [0.25, 0.3) is 0 Å². The van der Waals surface area contributed by atoms with Gasteiger partial charge in [-0.3, -0.25) is 0 Å². The van der Waals surface area contributed by atoms with Crippen molar-refractivity contribution in [3.05, 3.63) is 0 Å². The highest BCUT2D eigenvalue weighted by Crippen LogP contribution is 2.09. The lowest BCUT2D eigenvalue weighted by Gasteiger charge is -2.26. The largest absolute Gasteiger partial charge is 0.311 e. The smallest absolute Gasteiger partial charge is 0.0238 e. The summed E-state index contributed by atoms with van der Waals surface area (Å²) in [6, 6.07) is 0. The lowest BCUT2D eigenvalue weighted by Crippen LogP contribution is -2.43. The second-order valence-corrected chi connectivity index (χ2v) is 2.92. The Morgan fingerprint density at radius 2 is 2.00 bits per heavy atom. The standard InChI is InChI=1S/C7H17NS/c1-4-7(3,6-9)8-5-2/h8-9H,4-6H2,1-3H3. The van der Waals surface area contributed by atoms with Gasteiger partial charge in [-0.05, 0) is 19.9 Å². The van der Waals surface area contributed by atoms with Crippen LogP contribution in [0, 0.1) is 0 Å². The molecule has 0 rings (SSSR count). The molecule has 0 amide bonds. The first-order chi connectivity index (χ1) is 4.18. The van der Waals surface area contributed by atoms with Crippen LogP contribution >= 0.6 is 12.6 Å². The molecule has 1 nitrogen and oxygen atoms in total. The Bertz CT molecular complexity index is 69.3. The summed E-state index contributed by atoms with van der Waals surface area (Å²) in [5.74, 6) is 0.914. The van der Waals surface area contributed by atoms with Crippen molar-refractivity contribution in [1.82, 2.24) is 5.32 Å². The molecule has 0 spiro atoms. The zero-order valence-electron chi connectivity index (χ0n) is 6.57. The van der Waals surface area contributed by atoms with Crippen LogP contribution in [-0.2, 0) is 0 Å². The van der Waals surface area contributed by atoms with Gasteiger partial charge in [0.05, 0.1) is 0 Å². The lowest BCUT2D eigenvalue weighted by molar-refractivity contribution is 0.395. The van der Waals surface area contributed by atoms with E-state index < -0.39 is 0 Å². The van der Waals surface area contributed by atoms with Crippen LogP contribution in [0.2, 0.25) is 0 Å². The second-order valence-electron chi connectivity index (χ2n) is 2.60. The molecule has 9 heavy (non-hydrogen) atoms. The van der Waals surface area contributed by atoms with Crippen LogP contribution in [0.4, 0.5) is 0 Å². The third kappa shape index (κ3) is 3.11. The maximum atomic E-state index is 4.25. The summed E-state index contributed by atoms with van der Waals surface area (Å²) in [6.07, 6.45) is 1.14. The van der Waals surface area contributed by atoms with E-state index in [2.05, 4.69) is 38.7 Å². The van der Waals surface area contributed by atoms with Crippen LogP contribution in [-0.4, -0.2) is 17.8 Å². The van der Waals surface area contributed by atoms with Crippen molar-refractivity contribution in [2.45, 2.75) is 32.7 Å². The molecule has 0 aliphatic rings.